The van der Waals surface area contributed by atoms with Gasteiger partial charge in [0.2, 0.25) is 0 Å². The molecule has 2 heteroatoms. The summed E-state index contributed by atoms with van der Waals surface area (Å²) in [5.41, 5.74) is 0.580. The van der Waals surface area contributed by atoms with Crippen molar-refractivity contribution in [3.8, 4) is 0 Å². The lowest BCUT2D eigenvalue weighted by molar-refractivity contribution is 0.249. The van der Waals surface area contributed by atoms with E-state index in [9.17, 15) is 0 Å². The van der Waals surface area contributed by atoms with Crippen LogP contribution in [0.3, 0.4) is 0 Å². The van der Waals surface area contributed by atoms with E-state index in [1.165, 1.54) is 25.7 Å². The second kappa shape index (κ2) is 4.52. The Balaban J connectivity index is 2.18. The molecule has 0 aromatic carbocycles. The second-order valence-electron chi connectivity index (χ2n) is 4.46. The Bertz CT molecular complexity index is 124. The summed E-state index contributed by atoms with van der Waals surface area (Å²) in [6.45, 7) is 5.06. The Kier molecular flexibility index (Phi) is 3.91. The molecule has 0 heterocycles. The van der Waals surface area contributed by atoms with Crippen molar-refractivity contribution < 1.29 is 5.11 Å². The molecule has 0 saturated heterocycles. The molecule has 1 aliphatic carbocycles. The molecule has 0 atom stereocenters. The van der Waals surface area contributed by atoms with Gasteiger partial charge >= 0.3 is 0 Å². The van der Waals surface area contributed by atoms with Crippen LogP contribution in [-0.4, -0.2) is 22.7 Å². The molecule has 0 unspecified atom stereocenters. The average Bonchev–Trinajstić information content (AvgIpc) is 2.03. The number of hydrogen-bond acceptors (Lipinski definition) is 2. The monoisotopic (exact) mass is 188 g/mol. The van der Waals surface area contributed by atoms with Crippen LogP contribution in [0.2, 0.25) is 0 Å². The van der Waals surface area contributed by atoms with E-state index in [4.69, 9.17) is 5.11 Å². The normalized spacial score (nSPS) is 24.2. The van der Waals surface area contributed by atoms with Crippen molar-refractivity contribution in [3.05, 3.63) is 0 Å². The largest absolute Gasteiger partial charge is 0.396 e. The topological polar surface area (TPSA) is 20.2 Å². The molecule has 0 aromatic rings. The first-order valence-electron chi connectivity index (χ1n) is 4.86. The van der Waals surface area contributed by atoms with Crippen LogP contribution in [-0.2, 0) is 0 Å². The van der Waals surface area contributed by atoms with Gasteiger partial charge in [0.05, 0.1) is 6.61 Å². The quantitative estimate of drug-likeness (QED) is 0.735. The van der Waals surface area contributed by atoms with Crippen LogP contribution in [0, 0.1) is 5.41 Å². The minimum atomic E-state index is 0.338. The molecule has 0 aliphatic heterocycles. The van der Waals surface area contributed by atoms with Gasteiger partial charge in [0.1, 0.15) is 0 Å². The Labute approximate surface area is 79.9 Å². The predicted octanol–water partition coefficient (Wildman–Crippen LogP) is 2.68. The zero-order valence-electron chi connectivity index (χ0n) is 8.18. The third-order valence-corrected chi connectivity index (χ3v) is 4.09. The summed E-state index contributed by atoms with van der Waals surface area (Å²) in [5.74, 6) is 0.922. The lowest BCUT2D eigenvalue weighted by Gasteiger charge is -2.33. The van der Waals surface area contributed by atoms with Gasteiger partial charge in [-0.25, -0.2) is 0 Å². The first-order valence-corrected chi connectivity index (χ1v) is 5.91. The number of hydrogen-bond donors (Lipinski definition) is 1. The lowest BCUT2D eigenvalue weighted by atomic mass is 9.77. The van der Waals surface area contributed by atoms with Crippen molar-refractivity contribution >= 4 is 11.8 Å². The van der Waals surface area contributed by atoms with E-state index in [1.54, 1.807) is 0 Å². The molecular weight excluding hydrogens is 168 g/mol. The molecule has 1 nitrogen and oxygen atoms in total. The molecule has 0 bridgehead atoms. The van der Waals surface area contributed by atoms with Gasteiger partial charge in [0.25, 0.3) is 0 Å². The zero-order valence-corrected chi connectivity index (χ0v) is 8.99. The smallest absolute Gasteiger partial charge is 0.0521 e. The predicted molar refractivity (Wildman–Crippen MR) is 55.6 cm³/mol. The Hall–Kier alpha value is 0.310. The maximum Gasteiger partial charge on any atom is 0.0521 e. The Morgan fingerprint density at radius 1 is 1.33 bits per heavy atom. The van der Waals surface area contributed by atoms with Crippen molar-refractivity contribution in [2.75, 3.05) is 12.4 Å². The highest BCUT2D eigenvalue weighted by Gasteiger charge is 2.26. The van der Waals surface area contributed by atoms with E-state index in [0.717, 1.165) is 11.0 Å². The zero-order chi connectivity index (χ0) is 9.03. The fourth-order valence-corrected chi connectivity index (χ4v) is 2.77. The van der Waals surface area contributed by atoms with Crippen molar-refractivity contribution in [3.63, 3.8) is 0 Å². The molecule has 0 amide bonds. The Morgan fingerprint density at radius 3 is 2.42 bits per heavy atom. The van der Waals surface area contributed by atoms with E-state index in [2.05, 4.69) is 13.8 Å². The van der Waals surface area contributed by atoms with Gasteiger partial charge in [-0.2, -0.15) is 11.8 Å². The van der Waals surface area contributed by atoms with Gasteiger partial charge in [-0.1, -0.05) is 13.8 Å². The van der Waals surface area contributed by atoms with Crippen LogP contribution >= 0.6 is 11.8 Å². The molecular formula is C10H20OS. The molecule has 0 radical (unpaired) electrons. The van der Waals surface area contributed by atoms with Crippen LogP contribution in [0.15, 0.2) is 0 Å². The molecule has 1 rings (SSSR count). The van der Waals surface area contributed by atoms with Crippen molar-refractivity contribution in [1.29, 1.82) is 0 Å². The highest BCUT2D eigenvalue weighted by molar-refractivity contribution is 7.99. The third kappa shape index (κ3) is 3.36. The van der Waals surface area contributed by atoms with E-state index in [-0.39, 0.29) is 0 Å². The number of aliphatic hydroxyl groups excluding tert-OH is 1. The third-order valence-electron chi connectivity index (χ3n) is 2.73. The van der Waals surface area contributed by atoms with Crippen molar-refractivity contribution in [1.82, 2.24) is 0 Å². The summed E-state index contributed by atoms with van der Waals surface area (Å²) in [6.07, 6.45) is 5.40. The molecule has 1 fully saturated rings. The van der Waals surface area contributed by atoms with E-state index < -0.39 is 0 Å². The fourth-order valence-electron chi connectivity index (χ4n) is 1.76. The maximum atomic E-state index is 8.68. The van der Waals surface area contributed by atoms with E-state index >= 15 is 0 Å². The molecule has 72 valence electrons. The molecule has 12 heavy (non-hydrogen) atoms. The highest BCUT2D eigenvalue weighted by atomic mass is 32.2. The lowest BCUT2D eigenvalue weighted by Crippen LogP contribution is -2.22. The van der Waals surface area contributed by atoms with Gasteiger partial charge in [-0.15, -0.1) is 0 Å². The summed E-state index contributed by atoms with van der Waals surface area (Å²) < 4.78 is 0. The van der Waals surface area contributed by atoms with Crippen LogP contribution in [0.5, 0.6) is 0 Å². The fraction of sp³-hybridized carbons (Fsp3) is 1.00. The first-order chi connectivity index (χ1) is 5.64. The standard InChI is InChI=1S/C10H20OS/c1-10(2)5-3-9(4-6-10)12-8-7-11/h9,11H,3-8H2,1-2H3. The minimum Gasteiger partial charge on any atom is -0.396 e. The van der Waals surface area contributed by atoms with Crippen LogP contribution in [0.1, 0.15) is 39.5 Å². The number of rotatable bonds is 3. The second-order valence-corrected chi connectivity index (χ2v) is 5.87. The molecule has 0 aromatic heterocycles. The van der Waals surface area contributed by atoms with Gasteiger partial charge in [0.15, 0.2) is 0 Å². The first kappa shape index (κ1) is 10.4. The number of aliphatic hydroxyl groups is 1. The molecule has 1 aliphatic rings. The van der Waals surface area contributed by atoms with Crippen LogP contribution < -0.4 is 0 Å². The summed E-state index contributed by atoms with van der Waals surface area (Å²) in [4.78, 5) is 0. The van der Waals surface area contributed by atoms with E-state index in [1.807, 2.05) is 11.8 Å². The maximum absolute atomic E-state index is 8.68. The van der Waals surface area contributed by atoms with Gasteiger partial charge in [-0.3, -0.25) is 0 Å². The summed E-state index contributed by atoms with van der Waals surface area (Å²) in [7, 11) is 0. The minimum absolute atomic E-state index is 0.338. The van der Waals surface area contributed by atoms with Gasteiger partial charge in [-0.05, 0) is 31.1 Å². The summed E-state index contributed by atoms with van der Waals surface area (Å²) in [6, 6.07) is 0. The van der Waals surface area contributed by atoms with Crippen molar-refractivity contribution in [2.45, 2.75) is 44.8 Å². The van der Waals surface area contributed by atoms with Crippen molar-refractivity contribution in [2.24, 2.45) is 5.41 Å². The highest BCUT2D eigenvalue weighted by Crippen LogP contribution is 2.39. The molecule has 0 spiro atoms. The van der Waals surface area contributed by atoms with Crippen LogP contribution in [0.4, 0.5) is 0 Å². The van der Waals surface area contributed by atoms with Gasteiger partial charge < -0.3 is 5.11 Å². The molecule has 1 saturated carbocycles. The summed E-state index contributed by atoms with van der Waals surface area (Å²) >= 11 is 1.95. The van der Waals surface area contributed by atoms with Gasteiger partial charge in [0, 0.05) is 11.0 Å². The SMILES string of the molecule is CC1(C)CCC(SCCO)CC1. The average molecular weight is 188 g/mol. The van der Waals surface area contributed by atoms with Crippen LogP contribution in [0.25, 0.3) is 0 Å². The van der Waals surface area contributed by atoms with E-state index in [0.29, 0.717) is 12.0 Å². The Morgan fingerprint density at radius 2 is 1.92 bits per heavy atom. The number of thioether (sulfide) groups is 1. The molecule has 1 N–H and O–H groups in total. The summed E-state index contributed by atoms with van der Waals surface area (Å²) in [5, 5.41) is 9.50.